The molecule has 0 aliphatic carbocycles. The quantitative estimate of drug-likeness (QED) is 0.627. The van der Waals surface area contributed by atoms with E-state index in [4.69, 9.17) is 14.2 Å². The molecule has 1 aliphatic rings. The molecule has 0 N–H and O–H groups in total. The van der Waals surface area contributed by atoms with Gasteiger partial charge in [0, 0.05) is 18.1 Å². The maximum Gasteiger partial charge on any atom is 0.341 e. The van der Waals surface area contributed by atoms with Crippen LogP contribution in [-0.4, -0.2) is 31.6 Å². The first-order valence-corrected chi connectivity index (χ1v) is 7.59. The first-order valence-electron chi connectivity index (χ1n) is 7.59. The SMILES string of the molecule is O=C(COC(=O)c1ccc(F)cc1F)c1ccc2c(c1)OCCCO2. The minimum Gasteiger partial charge on any atom is -0.490 e. The van der Waals surface area contributed by atoms with Crippen LogP contribution in [0.2, 0.25) is 0 Å². The van der Waals surface area contributed by atoms with Gasteiger partial charge in [-0.05, 0) is 30.3 Å². The summed E-state index contributed by atoms with van der Waals surface area (Å²) in [5.41, 5.74) is -0.163. The highest BCUT2D eigenvalue weighted by atomic mass is 19.1. The Balaban J connectivity index is 1.66. The Labute approximate surface area is 142 Å². The number of Topliss-reactive ketones (excluding diaryl/α,β-unsaturated/α-hetero) is 1. The van der Waals surface area contributed by atoms with Crippen LogP contribution in [0.5, 0.6) is 11.5 Å². The molecule has 3 rings (SSSR count). The van der Waals surface area contributed by atoms with Crippen LogP contribution in [0.3, 0.4) is 0 Å². The second kappa shape index (κ2) is 7.29. The highest BCUT2D eigenvalue weighted by Gasteiger charge is 2.18. The van der Waals surface area contributed by atoms with Crippen LogP contribution in [0.4, 0.5) is 8.78 Å². The number of ether oxygens (including phenoxy) is 3. The monoisotopic (exact) mass is 348 g/mol. The normalized spacial score (nSPS) is 13.0. The summed E-state index contributed by atoms with van der Waals surface area (Å²) in [4.78, 5) is 24.0. The fourth-order valence-corrected chi connectivity index (χ4v) is 2.28. The second-order valence-electron chi connectivity index (χ2n) is 5.34. The topological polar surface area (TPSA) is 61.8 Å². The standard InChI is InChI=1S/C18H14F2O5/c19-12-3-4-13(14(20)9-12)18(22)25-10-15(21)11-2-5-16-17(8-11)24-7-1-6-23-16/h2-5,8-9H,1,6-7,10H2. The van der Waals surface area contributed by atoms with Gasteiger partial charge in [0.1, 0.15) is 11.6 Å². The molecule has 0 radical (unpaired) electrons. The van der Waals surface area contributed by atoms with Gasteiger partial charge in [0.05, 0.1) is 18.8 Å². The third-order valence-electron chi connectivity index (χ3n) is 3.55. The second-order valence-corrected chi connectivity index (χ2v) is 5.34. The van der Waals surface area contributed by atoms with Crippen LogP contribution in [0.1, 0.15) is 27.1 Å². The Bertz CT molecular complexity index is 819. The Hall–Kier alpha value is -2.96. The van der Waals surface area contributed by atoms with Gasteiger partial charge in [0.15, 0.2) is 23.9 Å². The number of carbonyl (C=O) groups excluding carboxylic acids is 2. The van der Waals surface area contributed by atoms with Gasteiger partial charge in [0.25, 0.3) is 0 Å². The van der Waals surface area contributed by atoms with E-state index in [1.807, 2.05) is 0 Å². The van der Waals surface area contributed by atoms with Gasteiger partial charge >= 0.3 is 5.97 Å². The predicted molar refractivity (Wildman–Crippen MR) is 83.0 cm³/mol. The number of hydrogen-bond acceptors (Lipinski definition) is 5. The predicted octanol–water partition coefficient (Wildman–Crippen LogP) is 3.17. The maximum absolute atomic E-state index is 13.5. The third-order valence-corrected chi connectivity index (χ3v) is 3.55. The number of carbonyl (C=O) groups is 2. The lowest BCUT2D eigenvalue weighted by atomic mass is 10.1. The molecule has 1 aliphatic heterocycles. The molecular weight excluding hydrogens is 334 g/mol. The van der Waals surface area contributed by atoms with Crippen LogP contribution >= 0.6 is 0 Å². The molecule has 7 heteroatoms. The number of esters is 1. The van der Waals surface area contributed by atoms with Crippen molar-refractivity contribution >= 4 is 11.8 Å². The van der Waals surface area contributed by atoms with Crippen LogP contribution in [0, 0.1) is 11.6 Å². The van der Waals surface area contributed by atoms with Crippen molar-refractivity contribution < 1.29 is 32.6 Å². The van der Waals surface area contributed by atoms with Crippen molar-refractivity contribution in [2.75, 3.05) is 19.8 Å². The molecule has 0 fully saturated rings. The summed E-state index contributed by atoms with van der Waals surface area (Å²) < 4.78 is 42.1. The summed E-state index contributed by atoms with van der Waals surface area (Å²) in [6.45, 7) is 0.430. The molecule has 0 aromatic heterocycles. The molecule has 2 aromatic carbocycles. The molecule has 2 aromatic rings. The van der Waals surface area contributed by atoms with Crippen LogP contribution in [-0.2, 0) is 4.74 Å². The Kier molecular flexibility index (Phi) is 4.92. The number of halogens is 2. The molecule has 1 heterocycles. The van der Waals surface area contributed by atoms with E-state index >= 15 is 0 Å². The van der Waals surface area contributed by atoms with Crippen LogP contribution < -0.4 is 9.47 Å². The largest absolute Gasteiger partial charge is 0.490 e. The van der Waals surface area contributed by atoms with E-state index in [0.717, 1.165) is 18.6 Å². The first-order chi connectivity index (χ1) is 12.0. The average molecular weight is 348 g/mol. The summed E-state index contributed by atoms with van der Waals surface area (Å²) in [6.07, 6.45) is 0.735. The van der Waals surface area contributed by atoms with Gasteiger partial charge in [-0.25, -0.2) is 13.6 Å². The highest BCUT2D eigenvalue weighted by molar-refractivity contribution is 5.99. The Morgan fingerprint density at radius 2 is 1.76 bits per heavy atom. The van der Waals surface area contributed by atoms with Crippen molar-refractivity contribution in [1.82, 2.24) is 0 Å². The lowest BCUT2D eigenvalue weighted by Crippen LogP contribution is -2.15. The number of hydrogen-bond donors (Lipinski definition) is 0. The molecule has 5 nitrogen and oxygen atoms in total. The number of fused-ring (bicyclic) bond motifs is 1. The minimum absolute atomic E-state index is 0.275. The van der Waals surface area contributed by atoms with Crippen molar-refractivity contribution in [3.63, 3.8) is 0 Å². The lowest BCUT2D eigenvalue weighted by Gasteiger charge is -2.09. The fourth-order valence-electron chi connectivity index (χ4n) is 2.28. The molecule has 0 bridgehead atoms. The Morgan fingerprint density at radius 1 is 1.00 bits per heavy atom. The van der Waals surface area contributed by atoms with E-state index in [0.29, 0.717) is 30.8 Å². The molecule has 0 saturated heterocycles. The van der Waals surface area contributed by atoms with Crippen LogP contribution in [0.25, 0.3) is 0 Å². The van der Waals surface area contributed by atoms with Gasteiger partial charge in [-0.2, -0.15) is 0 Å². The molecule has 0 atom stereocenters. The molecular formula is C18H14F2O5. The zero-order valence-corrected chi connectivity index (χ0v) is 13.1. The number of rotatable bonds is 4. The zero-order valence-electron chi connectivity index (χ0n) is 13.1. The molecule has 0 unspecified atom stereocenters. The van der Waals surface area contributed by atoms with Crippen molar-refractivity contribution in [1.29, 1.82) is 0 Å². The van der Waals surface area contributed by atoms with E-state index in [9.17, 15) is 18.4 Å². The van der Waals surface area contributed by atoms with Crippen molar-refractivity contribution in [2.45, 2.75) is 6.42 Å². The van der Waals surface area contributed by atoms with E-state index < -0.39 is 35.6 Å². The third kappa shape index (κ3) is 3.93. The minimum atomic E-state index is -1.05. The number of ketones is 1. The van der Waals surface area contributed by atoms with Gasteiger partial charge in [-0.15, -0.1) is 0 Å². The van der Waals surface area contributed by atoms with E-state index in [1.165, 1.54) is 12.1 Å². The maximum atomic E-state index is 13.5. The first kappa shape index (κ1) is 16.9. The Morgan fingerprint density at radius 3 is 2.52 bits per heavy atom. The zero-order chi connectivity index (χ0) is 17.8. The summed E-state index contributed by atoms with van der Waals surface area (Å²) in [7, 11) is 0. The van der Waals surface area contributed by atoms with Crippen LogP contribution in [0.15, 0.2) is 36.4 Å². The average Bonchev–Trinajstić information content (AvgIpc) is 2.84. The number of benzene rings is 2. The van der Waals surface area contributed by atoms with Crippen molar-refractivity contribution in [2.24, 2.45) is 0 Å². The summed E-state index contributed by atoms with van der Waals surface area (Å²) in [5, 5.41) is 0. The smallest absolute Gasteiger partial charge is 0.341 e. The van der Waals surface area contributed by atoms with Gasteiger partial charge < -0.3 is 14.2 Å². The van der Waals surface area contributed by atoms with Gasteiger partial charge in [0.2, 0.25) is 0 Å². The van der Waals surface area contributed by atoms with E-state index in [2.05, 4.69) is 0 Å². The fraction of sp³-hybridized carbons (Fsp3) is 0.222. The molecule has 0 amide bonds. The van der Waals surface area contributed by atoms with Gasteiger partial charge in [-0.3, -0.25) is 4.79 Å². The van der Waals surface area contributed by atoms with Crippen molar-refractivity contribution in [3.05, 3.63) is 59.2 Å². The summed E-state index contributed by atoms with van der Waals surface area (Å²) in [6, 6.07) is 7.12. The van der Waals surface area contributed by atoms with Crippen molar-refractivity contribution in [3.8, 4) is 11.5 Å². The lowest BCUT2D eigenvalue weighted by molar-refractivity contribution is 0.0470. The summed E-state index contributed by atoms with van der Waals surface area (Å²) >= 11 is 0. The van der Waals surface area contributed by atoms with E-state index in [1.54, 1.807) is 6.07 Å². The molecule has 25 heavy (non-hydrogen) atoms. The van der Waals surface area contributed by atoms with E-state index in [-0.39, 0.29) is 5.56 Å². The highest BCUT2D eigenvalue weighted by Crippen LogP contribution is 2.30. The molecule has 0 spiro atoms. The summed E-state index contributed by atoms with van der Waals surface area (Å²) in [5.74, 6) is -2.39. The molecule has 130 valence electrons. The van der Waals surface area contributed by atoms with Gasteiger partial charge in [-0.1, -0.05) is 0 Å². The molecule has 0 saturated carbocycles.